The van der Waals surface area contributed by atoms with E-state index in [9.17, 15) is 14.3 Å². The van der Waals surface area contributed by atoms with E-state index in [4.69, 9.17) is 0 Å². The van der Waals surface area contributed by atoms with Crippen molar-refractivity contribution >= 4 is 6.09 Å². The van der Waals surface area contributed by atoms with Gasteiger partial charge in [-0.25, -0.2) is 9.18 Å². The third-order valence-corrected chi connectivity index (χ3v) is 5.32. The van der Waals surface area contributed by atoms with Crippen molar-refractivity contribution in [2.75, 3.05) is 6.54 Å². The molecule has 3 aromatic rings. The Bertz CT molecular complexity index is 1020. The first kappa shape index (κ1) is 18.2. The van der Waals surface area contributed by atoms with E-state index in [1.165, 1.54) is 17.0 Å². The maximum Gasteiger partial charge on any atom is 0.407 e. The zero-order valence-corrected chi connectivity index (χ0v) is 15.7. The summed E-state index contributed by atoms with van der Waals surface area (Å²) in [5.41, 5.74) is 4.27. The fraction of sp³-hybridized carbons (Fsp3) is 0.286. The quantitative estimate of drug-likeness (QED) is 0.741. The molecule has 0 bridgehead atoms. The summed E-state index contributed by atoms with van der Waals surface area (Å²) < 4.78 is 15.0. The number of benzene rings is 1. The Morgan fingerprint density at radius 2 is 1.96 bits per heavy atom. The van der Waals surface area contributed by atoms with E-state index >= 15 is 0 Å². The molecule has 0 aliphatic carbocycles. The van der Waals surface area contributed by atoms with Gasteiger partial charge in [-0.15, -0.1) is 0 Å². The van der Waals surface area contributed by atoms with Crippen molar-refractivity contribution in [2.45, 2.75) is 25.3 Å². The molecule has 0 radical (unpaired) electrons. The summed E-state index contributed by atoms with van der Waals surface area (Å²) >= 11 is 0. The highest BCUT2D eigenvalue weighted by atomic mass is 19.1. The Morgan fingerprint density at radius 1 is 1.21 bits per heavy atom. The third-order valence-electron chi connectivity index (χ3n) is 5.32. The lowest BCUT2D eigenvalue weighted by molar-refractivity contribution is 0.143. The average molecular weight is 380 g/mol. The lowest BCUT2D eigenvalue weighted by Gasteiger charge is -2.17. The van der Waals surface area contributed by atoms with Crippen LogP contribution in [-0.4, -0.2) is 43.5 Å². The Labute approximate surface area is 162 Å². The first-order valence-electron chi connectivity index (χ1n) is 9.18. The monoisotopic (exact) mass is 380 g/mol. The number of amides is 1. The second-order valence-electron chi connectivity index (χ2n) is 7.25. The highest BCUT2D eigenvalue weighted by Gasteiger charge is 2.34. The van der Waals surface area contributed by atoms with Gasteiger partial charge in [0.25, 0.3) is 0 Å². The van der Waals surface area contributed by atoms with E-state index in [-0.39, 0.29) is 17.8 Å². The normalized spacial score (nSPS) is 19.2. The van der Waals surface area contributed by atoms with Crippen LogP contribution in [0.25, 0.3) is 22.5 Å². The van der Waals surface area contributed by atoms with Gasteiger partial charge in [0.05, 0.1) is 11.4 Å². The van der Waals surface area contributed by atoms with Gasteiger partial charge in [0.1, 0.15) is 5.82 Å². The molecule has 1 aliphatic heterocycles. The van der Waals surface area contributed by atoms with Gasteiger partial charge in [0, 0.05) is 49.1 Å². The number of hydrogen-bond donors (Lipinski definition) is 1. The summed E-state index contributed by atoms with van der Waals surface area (Å²) in [5.74, 6) is -0.239. The van der Waals surface area contributed by atoms with Crippen molar-refractivity contribution in [1.82, 2.24) is 19.7 Å². The van der Waals surface area contributed by atoms with Gasteiger partial charge >= 0.3 is 6.09 Å². The molecule has 0 spiro atoms. The number of pyridine rings is 1. The van der Waals surface area contributed by atoms with Crippen molar-refractivity contribution in [1.29, 1.82) is 0 Å². The van der Waals surface area contributed by atoms with Crippen LogP contribution in [0, 0.1) is 5.82 Å². The minimum atomic E-state index is -0.898. The third kappa shape index (κ3) is 3.35. The molecule has 1 aliphatic rings. The van der Waals surface area contributed by atoms with Gasteiger partial charge in [0.2, 0.25) is 0 Å². The predicted molar refractivity (Wildman–Crippen MR) is 103 cm³/mol. The number of carboxylic acid groups (broad SMARTS) is 1. The summed E-state index contributed by atoms with van der Waals surface area (Å²) in [6, 6.07) is 10.1. The maximum absolute atomic E-state index is 13.3. The zero-order chi connectivity index (χ0) is 19.8. The molecule has 1 saturated heterocycles. The summed E-state index contributed by atoms with van der Waals surface area (Å²) in [6.45, 7) is 2.36. The smallest absolute Gasteiger partial charge is 0.407 e. The van der Waals surface area contributed by atoms with Gasteiger partial charge in [-0.2, -0.15) is 5.10 Å². The lowest BCUT2D eigenvalue weighted by Crippen LogP contribution is -2.32. The topological polar surface area (TPSA) is 71.2 Å². The van der Waals surface area contributed by atoms with Gasteiger partial charge in [-0.1, -0.05) is 0 Å². The van der Waals surface area contributed by atoms with Crippen LogP contribution in [0.4, 0.5) is 9.18 Å². The highest BCUT2D eigenvalue weighted by molar-refractivity contribution is 5.72. The molecule has 1 fully saturated rings. The average Bonchev–Trinajstić information content (AvgIpc) is 3.28. The van der Waals surface area contributed by atoms with Crippen LogP contribution in [0.1, 0.15) is 24.8 Å². The van der Waals surface area contributed by atoms with Crippen LogP contribution in [-0.2, 0) is 7.05 Å². The van der Waals surface area contributed by atoms with Gasteiger partial charge in [0.15, 0.2) is 0 Å². The molecular formula is C21H21FN4O2. The number of likely N-dealkylation sites (tertiary alicyclic amines) is 1. The van der Waals surface area contributed by atoms with E-state index in [1.54, 1.807) is 16.8 Å². The molecule has 3 heterocycles. The fourth-order valence-corrected chi connectivity index (χ4v) is 3.87. The van der Waals surface area contributed by atoms with Crippen molar-refractivity contribution in [3.63, 3.8) is 0 Å². The molecule has 6 nitrogen and oxygen atoms in total. The van der Waals surface area contributed by atoms with E-state index in [0.717, 1.165) is 34.5 Å². The highest BCUT2D eigenvalue weighted by Crippen LogP contribution is 2.38. The summed E-state index contributed by atoms with van der Waals surface area (Å²) in [5, 5.41) is 14.0. The van der Waals surface area contributed by atoms with Crippen molar-refractivity contribution in [3.05, 3.63) is 60.2 Å². The van der Waals surface area contributed by atoms with Crippen LogP contribution in [0.15, 0.2) is 48.8 Å². The van der Waals surface area contributed by atoms with E-state index in [2.05, 4.69) is 10.1 Å². The number of aryl methyl sites for hydroxylation is 1. The molecule has 4 rings (SSSR count). The molecular weight excluding hydrogens is 359 g/mol. The van der Waals surface area contributed by atoms with Gasteiger partial charge in [-0.05, 0) is 55.3 Å². The number of halogens is 1. The molecule has 1 N–H and O–H groups in total. The van der Waals surface area contributed by atoms with Crippen molar-refractivity contribution in [2.24, 2.45) is 7.05 Å². The first-order valence-corrected chi connectivity index (χ1v) is 9.18. The van der Waals surface area contributed by atoms with Crippen molar-refractivity contribution in [3.8, 4) is 22.5 Å². The molecule has 144 valence electrons. The van der Waals surface area contributed by atoms with E-state index in [0.29, 0.717) is 6.54 Å². The molecule has 28 heavy (non-hydrogen) atoms. The second kappa shape index (κ2) is 7.07. The fourth-order valence-electron chi connectivity index (χ4n) is 3.87. The first-order chi connectivity index (χ1) is 13.4. The minimum absolute atomic E-state index is 0.0455. The predicted octanol–water partition coefficient (Wildman–Crippen LogP) is 4.14. The van der Waals surface area contributed by atoms with Crippen LogP contribution < -0.4 is 0 Å². The second-order valence-corrected chi connectivity index (χ2v) is 7.25. The number of aromatic nitrogens is 3. The molecule has 1 aromatic carbocycles. The molecule has 1 amide bonds. The van der Waals surface area contributed by atoms with Crippen LogP contribution in [0.5, 0.6) is 0 Å². The van der Waals surface area contributed by atoms with Gasteiger partial charge in [-0.3, -0.25) is 9.67 Å². The number of rotatable bonds is 3. The zero-order valence-electron chi connectivity index (χ0n) is 15.7. The maximum atomic E-state index is 13.3. The van der Waals surface area contributed by atoms with Crippen LogP contribution in [0.2, 0.25) is 0 Å². The Balaban J connectivity index is 1.78. The SMILES string of the molecule is CC1CC(c2cnc(-c3ccc(F)cc3)cc2-c2ccn(C)n2)CN1C(=O)O. The van der Waals surface area contributed by atoms with Crippen LogP contribution >= 0.6 is 0 Å². The summed E-state index contributed by atoms with van der Waals surface area (Å²) in [6.07, 6.45) is 3.53. The molecule has 2 atom stereocenters. The van der Waals surface area contributed by atoms with E-state index in [1.807, 2.05) is 38.5 Å². The standard InChI is InChI=1S/C21H21FN4O2/c1-13-9-15(12-26(13)21(27)28)18-11-23-20(14-3-5-16(22)6-4-14)10-17(18)19-7-8-25(2)24-19/h3-8,10-11,13,15H,9,12H2,1-2H3,(H,27,28). The van der Waals surface area contributed by atoms with Crippen molar-refractivity contribution < 1.29 is 14.3 Å². The minimum Gasteiger partial charge on any atom is -0.465 e. The Hall–Kier alpha value is -3.22. The summed E-state index contributed by atoms with van der Waals surface area (Å²) in [4.78, 5) is 17.5. The largest absolute Gasteiger partial charge is 0.465 e. The molecule has 2 aromatic heterocycles. The number of carbonyl (C=O) groups is 1. The number of nitrogens with zero attached hydrogens (tertiary/aromatic N) is 4. The lowest BCUT2D eigenvalue weighted by atomic mass is 9.91. The van der Waals surface area contributed by atoms with E-state index < -0.39 is 6.09 Å². The molecule has 7 heteroatoms. The van der Waals surface area contributed by atoms with Crippen LogP contribution in [0.3, 0.4) is 0 Å². The number of hydrogen-bond acceptors (Lipinski definition) is 3. The Kier molecular flexibility index (Phi) is 4.58. The molecule has 2 unspecified atom stereocenters. The Morgan fingerprint density at radius 3 is 2.57 bits per heavy atom. The molecule has 0 saturated carbocycles. The summed E-state index contributed by atoms with van der Waals surface area (Å²) in [7, 11) is 1.86. The van der Waals surface area contributed by atoms with Gasteiger partial charge < -0.3 is 10.0 Å².